The van der Waals surface area contributed by atoms with Crippen LogP contribution >= 0.6 is 0 Å². The Kier molecular flexibility index (Phi) is 50.8. The lowest BCUT2D eigenvalue weighted by atomic mass is 9.88. The van der Waals surface area contributed by atoms with Gasteiger partial charge in [0.1, 0.15) is 5.78 Å². The molecule has 60 heavy (non-hydrogen) atoms. The Labute approximate surface area is 379 Å². The monoisotopic (exact) mass is 848 g/mol. The van der Waals surface area contributed by atoms with E-state index in [0.29, 0.717) is 18.3 Å². The number of Topliss-reactive ketones (excluding diaryl/α,β-unsaturated/α-hetero) is 1. The zero-order valence-corrected chi connectivity index (χ0v) is 42.0. The van der Waals surface area contributed by atoms with Gasteiger partial charge in [0, 0.05) is 32.2 Å². The van der Waals surface area contributed by atoms with Gasteiger partial charge in [0.2, 0.25) is 0 Å². The smallest absolute Gasteiger partial charge is 0.135 e. The second-order valence-electron chi connectivity index (χ2n) is 19.6. The van der Waals surface area contributed by atoms with Crippen LogP contribution in [-0.2, 0) is 9.53 Å². The minimum atomic E-state index is 0.325. The fourth-order valence-electron chi connectivity index (χ4n) is 9.37. The topological polar surface area (TPSA) is 49.8 Å². The Hall–Kier alpha value is -0.450. The maximum Gasteiger partial charge on any atom is 0.135 e. The molecule has 0 rings (SSSR count). The molecule has 4 nitrogen and oxygen atoms in total. The molecular weight excluding hydrogens is 735 g/mol. The van der Waals surface area contributed by atoms with E-state index in [2.05, 4.69) is 32.6 Å². The van der Waals surface area contributed by atoms with Crippen molar-refractivity contribution in [2.75, 3.05) is 39.5 Å². The first-order valence-corrected chi connectivity index (χ1v) is 28.1. The van der Waals surface area contributed by atoms with Gasteiger partial charge < -0.3 is 14.7 Å². The number of aliphatic hydroxyl groups excluding tert-OH is 1. The number of carbonyl (C=O) groups excluding carboxylic acids is 1. The molecule has 0 aromatic rings. The van der Waals surface area contributed by atoms with Crippen LogP contribution in [0.25, 0.3) is 0 Å². The highest BCUT2D eigenvalue weighted by molar-refractivity contribution is 5.80. The number of ketones is 1. The van der Waals surface area contributed by atoms with Gasteiger partial charge in [0.25, 0.3) is 0 Å². The summed E-state index contributed by atoms with van der Waals surface area (Å²) >= 11 is 0. The fourth-order valence-corrected chi connectivity index (χ4v) is 9.37. The molecule has 0 aliphatic heterocycles. The summed E-state index contributed by atoms with van der Waals surface area (Å²) in [6, 6.07) is 0. The van der Waals surface area contributed by atoms with E-state index >= 15 is 0 Å². The Bertz CT molecular complexity index is 803. The van der Waals surface area contributed by atoms with Gasteiger partial charge in [-0.25, -0.2) is 0 Å². The van der Waals surface area contributed by atoms with Crippen molar-refractivity contribution in [2.45, 2.75) is 304 Å². The molecule has 0 saturated heterocycles. The highest BCUT2D eigenvalue weighted by atomic mass is 16.5. The lowest BCUT2D eigenvalue weighted by Crippen LogP contribution is -2.27. The van der Waals surface area contributed by atoms with Crippen molar-refractivity contribution in [3.05, 3.63) is 0 Å². The minimum absolute atomic E-state index is 0.325. The second-order valence-corrected chi connectivity index (χ2v) is 19.6. The van der Waals surface area contributed by atoms with Gasteiger partial charge in [0.15, 0.2) is 0 Å². The molecular formula is C56H113NO3. The van der Waals surface area contributed by atoms with Gasteiger partial charge in [-0.3, -0.25) is 4.79 Å². The van der Waals surface area contributed by atoms with Crippen LogP contribution < -0.4 is 0 Å². The number of ether oxygens (including phenoxy) is 1. The molecule has 0 spiro atoms. The second kappa shape index (κ2) is 51.2. The fraction of sp³-hybridized carbons (Fsp3) is 0.982. The van der Waals surface area contributed by atoms with Crippen LogP contribution in [0.4, 0.5) is 0 Å². The first-order valence-electron chi connectivity index (χ1n) is 28.1. The third-order valence-electron chi connectivity index (χ3n) is 13.6. The van der Waals surface area contributed by atoms with Gasteiger partial charge in [-0.05, 0) is 89.8 Å². The summed E-state index contributed by atoms with van der Waals surface area (Å²) in [5, 5.41) is 9.35. The van der Waals surface area contributed by atoms with Crippen LogP contribution in [0.3, 0.4) is 0 Å². The van der Waals surface area contributed by atoms with Crippen LogP contribution in [0.1, 0.15) is 304 Å². The summed E-state index contributed by atoms with van der Waals surface area (Å²) < 4.78 is 6.25. The largest absolute Gasteiger partial charge is 0.396 e. The van der Waals surface area contributed by atoms with E-state index in [1.54, 1.807) is 0 Å². The van der Waals surface area contributed by atoms with Gasteiger partial charge >= 0.3 is 0 Å². The van der Waals surface area contributed by atoms with Crippen molar-refractivity contribution in [3.8, 4) is 0 Å². The predicted molar refractivity (Wildman–Crippen MR) is 268 cm³/mol. The molecule has 1 N–H and O–H groups in total. The molecule has 0 fully saturated rings. The van der Waals surface area contributed by atoms with Crippen LogP contribution in [0.2, 0.25) is 0 Å². The molecule has 360 valence electrons. The van der Waals surface area contributed by atoms with Crippen LogP contribution in [0.5, 0.6) is 0 Å². The summed E-state index contributed by atoms with van der Waals surface area (Å²) in [5.41, 5.74) is 0. The molecule has 4 heteroatoms. The maximum atomic E-state index is 13.2. The number of carbonyl (C=O) groups is 1. The van der Waals surface area contributed by atoms with Gasteiger partial charge in [-0.1, -0.05) is 233 Å². The zero-order chi connectivity index (χ0) is 43.7. The normalized spacial score (nSPS) is 12.8. The summed E-state index contributed by atoms with van der Waals surface area (Å²) in [6.45, 7) is 15.1. The number of hydrogen-bond acceptors (Lipinski definition) is 4. The van der Waals surface area contributed by atoms with Crippen LogP contribution in [-0.4, -0.2) is 55.2 Å². The minimum Gasteiger partial charge on any atom is -0.396 e. The average molecular weight is 849 g/mol. The molecule has 0 saturated carbocycles. The Balaban J connectivity index is 4.03. The summed E-state index contributed by atoms with van der Waals surface area (Å²) in [6.07, 6.45) is 56.1. The quantitative estimate of drug-likeness (QED) is 0.0620. The molecule has 0 radical (unpaired) electrons. The lowest BCUT2D eigenvalue weighted by molar-refractivity contribution is -0.123. The van der Waals surface area contributed by atoms with E-state index < -0.39 is 0 Å². The summed E-state index contributed by atoms with van der Waals surface area (Å²) in [7, 11) is 0. The van der Waals surface area contributed by atoms with Crippen molar-refractivity contribution >= 4 is 5.78 Å². The molecule has 0 aromatic carbocycles. The molecule has 0 aliphatic carbocycles. The Morgan fingerprint density at radius 3 is 1.17 bits per heavy atom. The molecule has 2 unspecified atom stereocenters. The molecule has 0 heterocycles. The SMILES string of the molecule is CCCCCCCCC(CCCCCC)COCCCCCCCCCCN(CCCCO)CCCCCCCCCCC(=O)C(CCCCCC)CCCCCCCC. The Morgan fingerprint density at radius 2 is 0.733 bits per heavy atom. The van der Waals surface area contributed by atoms with E-state index in [1.807, 2.05) is 0 Å². The van der Waals surface area contributed by atoms with Gasteiger partial charge in [-0.15, -0.1) is 0 Å². The number of aliphatic hydroxyl groups is 1. The standard InChI is InChI=1S/C56H113NO3/c1-5-9-13-17-27-34-44-54(43-33-15-11-7-3)53-60-52-42-32-26-22-21-25-31-39-49-57(50-40-41-51-58)48-38-30-24-20-19-23-29-37-47-56(59)55(45-35-16-12-8-4)46-36-28-18-14-10-6-2/h54-55,58H,5-53H2,1-4H3. The predicted octanol–water partition coefficient (Wildman–Crippen LogP) is 18.0. The van der Waals surface area contributed by atoms with Gasteiger partial charge in [-0.2, -0.15) is 0 Å². The van der Waals surface area contributed by atoms with Crippen molar-refractivity contribution in [1.29, 1.82) is 0 Å². The summed E-state index contributed by atoms with van der Waals surface area (Å²) in [5.74, 6) is 1.71. The van der Waals surface area contributed by atoms with Crippen molar-refractivity contribution in [2.24, 2.45) is 11.8 Å². The third-order valence-corrected chi connectivity index (χ3v) is 13.6. The van der Waals surface area contributed by atoms with E-state index in [4.69, 9.17) is 4.74 Å². The molecule has 0 aliphatic rings. The summed E-state index contributed by atoms with van der Waals surface area (Å²) in [4.78, 5) is 15.9. The average Bonchev–Trinajstić information content (AvgIpc) is 3.25. The van der Waals surface area contributed by atoms with Crippen molar-refractivity contribution in [3.63, 3.8) is 0 Å². The molecule has 0 amide bonds. The lowest BCUT2D eigenvalue weighted by Gasteiger charge is -2.22. The number of rotatable bonds is 53. The molecule has 0 aromatic heterocycles. The zero-order valence-electron chi connectivity index (χ0n) is 42.0. The van der Waals surface area contributed by atoms with E-state index in [1.165, 1.54) is 251 Å². The molecule has 0 bridgehead atoms. The van der Waals surface area contributed by atoms with E-state index in [-0.39, 0.29) is 0 Å². The third kappa shape index (κ3) is 44.2. The highest BCUT2D eigenvalue weighted by Gasteiger charge is 2.17. The van der Waals surface area contributed by atoms with E-state index in [9.17, 15) is 9.90 Å². The first kappa shape index (κ1) is 59.5. The maximum absolute atomic E-state index is 13.2. The highest BCUT2D eigenvalue weighted by Crippen LogP contribution is 2.23. The van der Waals surface area contributed by atoms with Crippen molar-refractivity contribution in [1.82, 2.24) is 4.90 Å². The molecule has 2 atom stereocenters. The van der Waals surface area contributed by atoms with Crippen LogP contribution in [0.15, 0.2) is 0 Å². The van der Waals surface area contributed by atoms with Gasteiger partial charge in [0.05, 0.1) is 0 Å². The van der Waals surface area contributed by atoms with Crippen molar-refractivity contribution < 1.29 is 14.6 Å². The Morgan fingerprint density at radius 1 is 0.400 bits per heavy atom. The number of unbranched alkanes of at least 4 members (excludes halogenated alkanes) is 31. The first-order chi connectivity index (χ1) is 29.6. The van der Waals surface area contributed by atoms with E-state index in [0.717, 1.165) is 64.2 Å². The number of hydrogen-bond donors (Lipinski definition) is 1. The number of nitrogens with zero attached hydrogens (tertiary/aromatic N) is 1. The van der Waals surface area contributed by atoms with Crippen LogP contribution in [0, 0.1) is 11.8 Å².